The lowest BCUT2D eigenvalue weighted by Gasteiger charge is -2.03. The largest absolute Gasteiger partial charge is 0.311 e. The number of hydrogen-bond acceptors (Lipinski definition) is 4. The van der Waals surface area contributed by atoms with Gasteiger partial charge < -0.3 is 5.32 Å². The second-order valence-corrected chi connectivity index (χ2v) is 4.42. The van der Waals surface area contributed by atoms with Crippen LogP contribution in [0, 0.1) is 0 Å². The normalized spacial score (nSPS) is 10.5. The molecule has 0 saturated carbocycles. The van der Waals surface area contributed by atoms with Crippen LogP contribution in [0.5, 0.6) is 0 Å². The molecule has 0 bridgehead atoms. The zero-order chi connectivity index (χ0) is 10.8. The zero-order valence-corrected chi connectivity index (χ0v) is 10.1. The number of hydrogen-bond donors (Lipinski definition) is 1. The van der Waals surface area contributed by atoms with Crippen molar-refractivity contribution in [2.24, 2.45) is 0 Å². The van der Waals surface area contributed by atoms with Gasteiger partial charge in [-0.25, -0.2) is 9.97 Å². The number of nitrogens with one attached hydrogen (secondary N) is 1. The third kappa shape index (κ3) is 6.47. The zero-order valence-electron chi connectivity index (χ0n) is 9.28. The number of unbranched alkanes of at least 4 members (excludes halogenated alkanes) is 2. The average molecular weight is 225 g/mol. The predicted octanol–water partition coefficient (Wildman–Crippen LogP) is 2.10. The number of aromatic nitrogens is 2. The Hall–Kier alpha value is -0.610. The van der Waals surface area contributed by atoms with Crippen molar-refractivity contribution in [1.82, 2.24) is 15.3 Å². The number of thioether (sulfide) groups is 1. The van der Waals surface area contributed by atoms with Gasteiger partial charge >= 0.3 is 0 Å². The van der Waals surface area contributed by atoms with E-state index >= 15 is 0 Å². The molecule has 0 spiro atoms. The van der Waals surface area contributed by atoms with Gasteiger partial charge in [0.05, 0.1) is 5.69 Å². The van der Waals surface area contributed by atoms with Gasteiger partial charge in [0.1, 0.15) is 6.33 Å². The Labute approximate surface area is 96.1 Å². The van der Waals surface area contributed by atoms with Crippen LogP contribution in [0.4, 0.5) is 0 Å². The lowest BCUT2D eigenvalue weighted by atomic mass is 10.2. The van der Waals surface area contributed by atoms with E-state index in [1.807, 2.05) is 17.8 Å². The summed E-state index contributed by atoms with van der Waals surface area (Å²) >= 11 is 1.92. The first-order valence-electron chi connectivity index (χ1n) is 5.38. The summed E-state index contributed by atoms with van der Waals surface area (Å²) in [5.74, 6) is 1.28. The molecule has 0 aromatic carbocycles. The maximum atomic E-state index is 4.15. The van der Waals surface area contributed by atoms with Crippen LogP contribution in [0.25, 0.3) is 0 Å². The molecule has 0 aliphatic heterocycles. The minimum absolute atomic E-state index is 0.852. The van der Waals surface area contributed by atoms with Gasteiger partial charge in [0.25, 0.3) is 0 Å². The van der Waals surface area contributed by atoms with Gasteiger partial charge in [-0.05, 0) is 37.5 Å². The van der Waals surface area contributed by atoms with Crippen LogP contribution in [-0.4, -0.2) is 28.5 Å². The van der Waals surface area contributed by atoms with Crippen LogP contribution in [0.15, 0.2) is 18.6 Å². The Balaban J connectivity index is 1.93. The van der Waals surface area contributed by atoms with Crippen molar-refractivity contribution in [3.8, 4) is 0 Å². The Morgan fingerprint density at radius 2 is 2.27 bits per heavy atom. The molecule has 1 heterocycles. The molecule has 0 fully saturated rings. The molecule has 0 aliphatic rings. The summed E-state index contributed by atoms with van der Waals surface area (Å²) in [6, 6.07) is 1.95. The van der Waals surface area contributed by atoms with Crippen molar-refractivity contribution in [2.75, 3.05) is 18.6 Å². The quantitative estimate of drug-likeness (QED) is 0.688. The second kappa shape index (κ2) is 8.68. The Bertz CT molecular complexity index is 241. The summed E-state index contributed by atoms with van der Waals surface area (Å²) in [6.07, 6.45) is 9.44. The molecule has 3 nitrogen and oxygen atoms in total. The molecule has 0 atom stereocenters. The molecule has 0 aliphatic carbocycles. The molecule has 1 aromatic rings. The standard InChI is InChI=1S/C11H19N3S/c1-15-8-4-2-3-6-12-9-11-5-7-13-10-14-11/h5,7,10,12H,2-4,6,8-9H2,1H3. The lowest BCUT2D eigenvalue weighted by Crippen LogP contribution is -2.15. The fraction of sp³-hybridized carbons (Fsp3) is 0.636. The third-order valence-corrected chi connectivity index (χ3v) is 2.85. The molecule has 4 heteroatoms. The molecule has 1 rings (SSSR count). The minimum atomic E-state index is 0.852. The van der Waals surface area contributed by atoms with Gasteiger partial charge in [0.15, 0.2) is 0 Å². The number of rotatable bonds is 8. The molecular formula is C11H19N3S. The molecule has 0 radical (unpaired) electrons. The molecule has 0 unspecified atom stereocenters. The van der Waals surface area contributed by atoms with Crippen molar-refractivity contribution in [3.63, 3.8) is 0 Å². The molecule has 0 amide bonds. The van der Waals surface area contributed by atoms with Crippen molar-refractivity contribution in [3.05, 3.63) is 24.3 Å². The highest BCUT2D eigenvalue weighted by molar-refractivity contribution is 7.98. The minimum Gasteiger partial charge on any atom is -0.311 e. The van der Waals surface area contributed by atoms with Gasteiger partial charge in [0, 0.05) is 12.7 Å². The molecular weight excluding hydrogens is 206 g/mol. The Morgan fingerprint density at radius 3 is 3.00 bits per heavy atom. The Kier molecular flexibility index (Phi) is 7.21. The van der Waals surface area contributed by atoms with E-state index in [1.165, 1.54) is 25.0 Å². The highest BCUT2D eigenvalue weighted by atomic mass is 32.2. The predicted molar refractivity (Wildman–Crippen MR) is 66.0 cm³/mol. The molecule has 0 saturated heterocycles. The summed E-state index contributed by atoms with van der Waals surface area (Å²) in [7, 11) is 0. The summed E-state index contributed by atoms with van der Waals surface area (Å²) < 4.78 is 0. The fourth-order valence-electron chi connectivity index (χ4n) is 1.31. The summed E-state index contributed by atoms with van der Waals surface area (Å²) in [5.41, 5.74) is 1.06. The highest BCUT2D eigenvalue weighted by Crippen LogP contribution is 2.01. The second-order valence-electron chi connectivity index (χ2n) is 3.43. The van der Waals surface area contributed by atoms with E-state index in [2.05, 4.69) is 21.5 Å². The van der Waals surface area contributed by atoms with Gasteiger partial charge in [-0.1, -0.05) is 6.42 Å². The highest BCUT2D eigenvalue weighted by Gasteiger charge is 1.92. The van der Waals surface area contributed by atoms with Crippen molar-refractivity contribution in [2.45, 2.75) is 25.8 Å². The first-order valence-corrected chi connectivity index (χ1v) is 6.77. The van der Waals surface area contributed by atoms with Crippen LogP contribution in [0.3, 0.4) is 0 Å². The van der Waals surface area contributed by atoms with Gasteiger partial charge in [-0.15, -0.1) is 0 Å². The molecule has 1 aromatic heterocycles. The van der Waals surface area contributed by atoms with Crippen LogP contribution >= 0.6 is 11.8 Å². The van der Waals surface area contributed by atoms with Crippen LogP contribution in [-0.2, 0) is 6.54 Å². The van der Waals surface area contributed by atoms with E-state index < -0.39 is 0 Å². The maximum absolute atomic E-state index is 4.15. The van der Waals surface area contributed by atoms with Crippen molar-refractivity contribution < 1.29 is 0 Å². The Morgan fingerprint density at radius 1 is 1.33 bits per heavy atom. The van der Waals surface area contributed by atoms with Crippen LogP contribution < -0.4 is 5.32 Å². The first-order chi connectivity index (χ1) is 7.43. The van der Waals surface area contributed by atoms with E-state index in [9.17, 15) is 0 Å². The van der Waals surface area contributed by atoms with Gasteiger partial charge in [-0.2, -0.15) is 11.8 Å². The van der Waals surface area contributed by atoms with Crippen LogP contribution in [0.1, 0.15) is 25.0 Å². The van der Waals surface area contributed by atoms with E-state index in [4.69, 9.17) is 0 Å². The SMILES string of the molecule is CSCCCCCNCc1ccncn1. The average Bonchev–Trinajstić information content (AvgIpc) is 2.29. The van der Waals surface area contributed by atoms with E-state index in [1.54, 1.807) is 12.5 Å². The number of nitrogens with zero attached hydrogens (tertiary/aromatic N) is 2. The summed E-state index contributed by atoms with van der Waals surface area (Å²) in [5, 5.41) is 3.38. The first kappa shape index (κ1) is 12.5. The topological polar surface area (TPSA) is 37.8 Å². The molecule has 84 valence electrons. The summed E-state index contributed by atoms with van der Waals surface area (Å²) in [4.78, 5) is 8.03. The van der Waals surface area contributed by atoms with Gasteiger partial charge in [-0.3, -0.25) is 0 Å². The van der Waals surface area contributed by atoms with Crippen molar-refractivity contribution in [1.29, 1.82) is 0 Å². The van der Waals surface area contributed by atoms with Gasteiger partial charge in [0.2, 0.25) is 0 Å². The van der Waals surface area contributed by atoms with E-state index in [-0.39, 0.29) is 0 Å². The molecule has 15 heavy (non-hydrogen) atoms. The third-order valence-electron chi connectivity index (χ3n) is 2.15. The smallest absolute Gasteiger partial charge is 0.115 e. The van der Waals surface area contributed by atoms with Crippen LogP contribution in [0.2, 0.25) is 0 Å². The summed E-state index contributed by atoms with van der Waals surface area (Å²) in [6.45, 7) is 1.93. The van der Waals surface area contributed by atoms with Crippen molar-refractivity contribution >= 4 is 11.8 Å². The molecule has 1 N–H and O–H groups in total. The van der Waals surface area contributed by atoms with E-state index in [0.717, 1.165) is 18.8 Å². The lowest BCUT2D eigenvalue weighted by molar-refractivity contribution is 0.612. The maximum Gasteiger partial charge on any atom is 0.115 e. The van der Waals surface area contributed by atoms with E-state index in [0.29, 0.717) is 0 Å². The fourth-order valence-corrected chi connectivity index (χ4v) is 1.81. The monoisotopic (exact) mass is 225 g/mol.